The fourth-order valence-corrected chi connectivity index (χ4v) is 6.54. The Labute approximate surface area is 266 Å². The minimum atomic E-state index is -4.64. The van der Waals surface area contributed by atoms with Crippen LogP contribution in [0.2, 0.25) is 0 Å². The molecular formula is C32H37F3N4O6S. The number of halogens is 3. The molecule has 14 heteroatoms. The lowest BCUT2D eigenvalue weighted by molar-refractivity contribution is -0.137. The molecule has 2 amide bonds. The third-order valence-corrected chi connectivity index (χ3v) is 9.65. The zero-order chi connectivity index (χ0) is 33.6. The van der Waals surface area contributed by atoms with Crippen LogP contribution in [0, 0.1) is 5.92 Å². The number of nitrogen functional groups attached to an aromatic ring is 1. The maximum atomic E-state index is 13.7. The van der Waals surface area contributed by atoms with Crippen LogP contribution in [-0.4, -0.2) is 67.7 Å². The molecule has 0 bridgehead atoms. The van der Waals surface area contributed by atoms with E-state index in [1.165, 1.54) is 34.6 Å². The number of nitrogens with one attached hydrogen (secondary N) is 1. The van der Waals surface area contributed by atoms with Crippen LogP contribution in [-0.2, 0) is 32.2 Å². The molecule has 4 atom stereocenters. The van der Waals surface area contributed by atoms with Crippen LogP contribution in [0.4, 0.5) is 29.3 Å². The summed E-state index contributed by atoms with van der Waals surface area (Å²) in [4.78, 5) is 26.9. The standard InChI is InChI=1S/C32H37F3N4O6S/c1-3-21(2)18-38(46(43,44)26-14-12-24(36)13-15-26)19-28(40)27(16-22-8-5-4-6-9-22)37-30(41)29-20-39(31(42)45-29)25-11-7-10-23(17-25)32(33,34)35/h4-15,17,21,27-29,40H,3,16,18-20,36H2,1-2H3,(H,37,41)/t21-,27-,28+,29-/m0/s1. The molecule has 10 nitrogen and oxygen atoms in total. The van der Waals surface area contributed by atoms with Gasteiger partial charge in [-0.25, -0.2) is 13.2 Å². The molecule has 0 saturated carbocycles. The van der Waals surface area contributed by atoms with Crippen molar-refractivity contribution in [1.29, 1.82) is 0 Å². The molecule has 0 unspecified atom stereocenters. The Morgan fingerprint density at radius 2 is 1.76 bits per heavy atom. The van der Waals surface area contributed by atoms with Gasteiger partial charge in [-0.05, 0) is 60.4 Å². The van der Waals surface area contributed by atoms with Gasteiger partial charge in [-0.1, -0.05) is 56.7 Å². The first-order valence-electron chi connectivity index (χ1n) is 14.7. The first kappa shape index (κ1) is 34.7. The van der Waals surface area contributed by atoms with Crippen LogP contribution in [0.15, 0.2) is 83.8 Å². The Morgan fingerprint density at radius 1 is 1.09 bits per heavy atom. The summed E-state index contributed by atoms with van der Waals surface area (Å²) in [6.45, 7) is 3.16. The highest BCUT2D eigenvalue weighted by Crippen LogP contribution is 2.33. The van der Waals surface area contributed by atoms with Gasteiger partial charge in [-0.3, -0.25) is 9.69 Å². The van der Waals surface area contributed by atoms with Crippen molar-refractivity contribution < 1.29 is 41.0 Å². The average molecular weight is 663 g/mol. The number of nitrogens with zero attached hydrogens (tertiary/aromatic N) is 2. The van der Waals surface area contributed by atoms with E-state index in [2.05, 4.69) is 5.32 Å². The molecule has 4 rings (SSSR count). The van der Waals surface area contributed by atoms with E-state index in [-0.39, 0.29) is 42.6 Å². The number of rotatable bonds is 13. The normalized spacial score (nSPS) is 17.4. The van der Waals surface area contributed by atoms with E-state index in [4.69, 9.17) is 10.5 Å². The van der Waals surface area contributed by atoms with Crippen molar-refractivity contribution in [2.75, 3.05) is 30.3 Å². The van der Waals surface area contributed by atoms with Crippen molar-refractivity contribution in [2.24, 2.45) is 5.92 Å². The molecule has 46 heavy (non-hydrogen) atoms. The first-order chi connectivity index (χ1) is 21.7. The number of cyclic esters (lactones) is 1. The van der Waals surface area contributed by atoms with Gasteiger partial charge in [0, 0.05) is 24.5 Å². The molecule has 1 aliphatic rings. The maximum Gasteiger partial charge on any atom is 0.416 e. The summed E-state index contributed by atoms with van der Waals surface area (Å²) in [5, 5.41) is 14.2. The second-order valence-electron chi connectivity index (χ2n) is 11.3. The lowest BCUT2D eigenvalue weighted by Crippen LogP contribution is -2.53. The predicted molar refractivity (Wildman–Crippen MR) is 166 cm³/mol. The van der Waals surface area contributed by atoms with E-state index in [1.807, 2.05) is 13.8 Å². The van der Waals surface area contributed by atoms with Gasteiger partial charge in [0.15, 0.2) is 6.10 Å². The second-order valence-corrected chi connectivity index (χ2v) is 13.2. The molecule has 1 fully saturated rings. The number of nitrogens with two attached hydrogens (primary N) is 1. The molecule has 0 spiro atoms. The minimum absolute atomic E-state index is 0.00611. The highest BCUT2D eigenvalue weighted by molar-refractivity contribution is 7.89. The van der Waals surface area contributed by atoms with Gasteiger partial charge in [0.1, 0.15) is 0 Å². The molecule has 1 aliphatic heterocycles. The van der Waals surface area contributed by atoms with Gasteiger partial charge in [0.2, 0.25) is 10.0 Å². The van der Waals surface area contributed by atoms with Crippen LogP contribution in [0.1, 0.15) is 31.4 Å². The Balaban J connectivity index is 1.56. The summed E-state index contributed by atoms with van der Waals surface area (Å²) in [7, 11) is -4.08. The molecule has 1 saturated heterocycles. The number of amides is 2. The van der Waals surface area contributed by atoms with Gasteiger partial charge in [0.05, 0.1) is 29.1 Å². The van der Waals surface area contributed by atoms with E-state index in [1.54, 1.807) is 30.3 Å². The predicted octanol–water partition coefficient (Wildman–Crippen LogP) is 4.44. The van der Waals surface area contributed by atoms with E-state index in [9.17, 15) is 36.3 Å². The number of alkyl halides is 3. The fourth-order valence-electron chi connectivity index (χ4n) is 4.96. The van der Waals surface area contributed by atoms with Gasteiger partial charge in [0.25, 0.3) is 5.91 Å². The molecule has 3 aromatic rings. The van der Waals surface area contributed by atoms with Crippen LogP contribution in [0.5, 0.6) is 0 Å². The third-order valence-electron chi connectivity index (χ3n) is 7.80. The number of sulfonamides is 1. The van der Waals surface area contributed by atoms with Gasteiger partial charge < -0.3 is 20.9 Å². The lowest BCUT2D eigenvalue weighted by Gasteiger charge is -2.31. The average Bonchev–Trinajstić information content (AvgIpc) is 3.42. The van der Waals surface area contributed by atoms with Crippen LogP contribution >= 0.6 is 0 Å². The van der Waals surface area contributed by atoms with Gasteiger partial charge >= 0.3 is 12.3 Å². The lowest BCUT2D eigenvalue weighted by atomic mass is 10.0. The monoisotopic (exact) mass is 662 g/mol. The highest BCUT2D eigenvalue weighted by atomic mass is 32.2. The fraction of sp³-hybridized carbons (Fsp3) is 0.375. The van der Waals surface area contributed by atoms with Crippen molar-refractivity contribution in [3.8, 4) is 0 Å². The Kier molecular flexibility index (Phi) is 11.0. The zero-order valence-corrected chi connectivity index (χ0v) is 26.2. The quantitative estimate of drug-likeness (QED) is 0.230. The van der Waals surface area contributed by atoms with Gasteiger partial charge in [-0.15, -0.1) is 0 Å². The molecule has 4 N–H and O–H groups in total. The summed E-state index contributed by atoms with van der Waals surface area (Å²) in [5.41, 5.74) is 5.81. The molecule has 1 heterocycles. The Bertz CT molecular complexity index is 1610. The second kappa shape index (κ2) is 14.5. The number of carbonyl (C=O) groups excluding carboxylic acids is 2. The summed E-state index contributed by atoms with van der Waals surface area (Å²) in [6.07, 6.45) is -7.68. The van der Waals surface area contributed by atoms with E-state index in [0.717, 1.165) is 28.7 Å². The van der Waals surface area contributed by atoms with Crippen molar-refractivity contribution in [2.45, 2.75) is 56.0 Å². The van der Waals surface area contributed by atoms with Crippen molar-refractivity contribution in [1.82, 2.24) is 9.62 Å². The maximum absolute atomic E-state index is 13.7. The topological polar surface area (TPSA) is 142 Å². The number of aliphatic hydroxyl groups is 1. The van der Waals surface area contributed by atoms with E-state index in [0.29, 0.717) is 12.1 Å². The van der Waals surface area contributed by atoms with Crippen LogP contribution < -0.4 is 16.0 Å². The molecular weight excluding hydrogens is 625 g/mol. The SMILES string of the molecule is CC[C@H](C)CN(C[C@@H](O)[C@H](Cc1ccccc1)NC(=O)[C@@H]1CN(c2cccc(C(F)(F)F)c2)C(=O)O1)S(=O)(=O)c1ccc(N)cc1. The molecule has 0 aliphatic carbocycles. The van der Waals surface area contributed by atoms with Crippen molar-refractivity contribution >= 4 is 33.4 Å². The summed E-state index contributed by atoms with van der Waals surface area (Å²) >= 11 is 0. The molecule has 3 aromatic carbocycles. The minimum Gasteiger partial charge on any atom is -0.434 e. The molecule has 0 radical (unpaired) electrons. The largest absolute Gasteiger partial charge is 0.434 e. The van der Waals surface area contributed by atoms with Gasteiger partial charge in [-0.2, -0.15) is 17.5 Å². The zero-order valence-electron chi connectivity index (χ0n) is 25.4. The third kappa shape index (κ3) is 8.56. The number of aliphatic hydroxyl groups excluding tert-OH is 1. The van der Waals surface area contributed by atoms with E-state index >= 15 is 0 Å². The Hall–Kier alpha value is -4.14. The van der Waals surface area contributed by atoms with E-state index < -0.39 is 52.0 Å². The number of benzene rings is 3. The number of hydrogen-bond acceptors (Lipinski definition) is 7. The molecule has 0 aromatic heterocycles. The van der Waals surface area contributed by atoms with Crippen molar-refractivity contribution in [3.05, 3.63) is 90.0 Å². The van der Waals surface area contributed by atoms with Crippen LogP contribution in [0.3, 0.4) is 0 Å². The first-order valence-corrected chi connectivity index (χ1v) is 16.2. The Morgan fingerprint density at radius 3 is 2.39 bits per heavy atom. The summed E-state index contributed by atoms with van der Waals surface area (Å²) in [6, 6.07) is 17.7. The highest BCUT2D eigenvalue weighted by Gasteiger charge is 2.40. The number of carbonyl (C=O) groups is 2. The summed E-state index contributed by atoms with van der Waals surface area (Å²) in [5.74, 6) is -0.852. The number of hydrogen-bond donors (Lipinski definition) is 3. The number of ether oxygens (including phenoxy) is 1. The van der Waals surface area contributed by atoms with Crippen LogP contribution in [0.25, 0.3) is 0 Å². The van der Waals surface area contributed by atoms with Crippen molar-refractivity contribution in [3.63, 3.8) is 0 Å². The number of anilines is 2. The smallest absolute Gasteiger partial charge is 0.416 e. The summed E-state index contributed by atoms with van der Waals surface area (Å²) < 4.78 is 73.5. The molecule has 248 valence electrons.